The van der Waals surface area contributed by atoms with Gasteiger partial charge in [-0.05, 0) is 12.1 Å². The maximum Gasteiger partial charge on any atom is 0.244 e. The number of para-hydroxylation sites is 1. The molecule has 0 saturated heterocycles. The average Bonchev–Trinajstić information content (AvgIpc) is 2.75. The molecule has 2 N–H and O–H groups in total. The van der Waals surface area contributed by atoms with Crippen molar-refractivity contribution in [2.24, 2.45) is 0 Å². The Morgan fingerprint density at radius 2 is 1.94 bits per heavy atom. The third-order valence-corrected chi connectivity index (χ3v) is 4.24. The number of hydrogen-bond donors (Lipinski definition) is 1. The molecule has 0 spiro atoms. The van der Waals surface area contributed by atoms with Gasteiger partial charge in [0.2, 0.25) is 16.0 Å². The van der Waals surface area contributed by atoms with E-state index in [1.165, 1.54) is 31.2 Å². The van der Waals surface area contributed by atoms with E-state index in [0.717, 1.165) is 4.31 Å². The Balaban J connectivity index is 2.64. The van der Waals surface area contributed by atoms with Gasteiger partial charge >= 0.3 is 0 Å². The number of anilines is 1. The van der Waals surface area contributed by atoms with Crippen LogP contribution in [0.4, 0.5) is 5.95 Å². The first-order valence-electron chi connectivity index (χ1n) is 5.12. The van der Waals surface area contributed by atoms with Crippen LogP contribution in [0.15, 0.2) is 35.5 Å². The van der Waals surface area contributed by atoms with Crippen LogP contribution < -0.4 is 5.73 Å². The van der Waals surface area contributed by atoms with E-state index in [1.54, 1.807) is 18.2 Å². The number of nitrogens with zero attached hydrogens (tertiary/aromatic N) is 4. The molecule has 1 aromatic heterocycles. The van der Waals surface area contributed by atoms with Crippen LogP contribution in [0.25, 0.3) is 5.69 Å². The Morgan fingerprint density at radius 3 is 2.50 bits per heavy atom. The lowest BCUT2D eigenvalue weighted by atomic mass is 10.3. The predicted molar refractivity (Wildman–Crippen MR) is 66.6 cm³/mol. The minimum Gasteiger partial charge on any atom is -0.366 e. The van der Waals surface area contributed by atoms with Crippen LogP contribution >= 0.6 is 0 Å². The lowest BCUT2D eigenvalue weighted by Crippen LogP contribution is -2.23. The molecular weight excluding hydrogens is 254 g/mol. The summed E-state index contributed by atoms with van der Waals surface area (Å²) in [6, 6.07) is 6.54. The summed E-state index contributed by atoms with van der Waals surface area (Å²) in [6.45, 7) is 0. The first kappa shape index (κ1) is 12.5. The number of sulfonamides is 1. The molecule has 1 heterocycles. The summed E-state index contributed by atoms with van der Waals surface area (Å²) in [5.74, 6) is 0.0899. The normalized spacial score (nSPS) is 11.9. The predicted octanol–water partition coefficient (Wildman–Crippen LogP) is 0.0998. The zero-order valence-electron chi connectivity index (χ0n) is 9.98. The fourth-order valence-corrected chi connectivity index (χ4v) is 2.52. The number of nitrogens with two attached hydrogens (primary N) is 1. The van der Waals surface area contributed by atoms with E-state index in [9.17, 15) is 8.42 Å². The maximum absolute atomic E-state index is 12.2. The van der Waals surface area contributed by atoms with E-state index in [2.05, 4.69) is 10.1 Å². The standard InChI is InChI=1S/C10H13N5O2S/c1-14(2)18(16,17)9-6-4-3-5-8(9)15-7-12-10(11)13-15/h3-7H,1-2H3,(H2,11,13). The van der Waals surface area contributed by atoms with Crippen molar-refractivity contribution >= 4 is 16.0 Å². The highest BCUT2D eigenvalue weighted by Gasteiger charge is 2.22. The van der Waals surface area contributed by atoms with Crippen LogP contribution in [0, 0.1) is 0 Å². The van der Waals surface area contributed by atoms with E-state index < -0.39 is 10.0 Å². The number of rotatable bonds is 3. The first-order valence-corrected chi connectivity index (χ1v) is 6.56. The fourth-order valence-electron chi connectivity index (χ4n) is 1.45. The van der Waals surface area contributed by atoms with Crippen LogP contribution in [-0.2, 0) is 10.0 Å². The fraction of sp³-hybridized carbons (Fsp3) is 0.200. The molecule has 0 aliphatic heterocycles. The summed E-state index contributed by atoms with van der Waals surface area (Å²) in [5, 5.41) is 3.91. The van der Waals surface area contributed by atoms with Gasteiger partial charge in [-0.15, -0.1) is 5.10 Å². The molecule has 0 saturated carbocycles. The number of aromatic nitrogens is 3. The van der Waals surface area contributed by atoms with Gasteiger partial charge in [0.15, 0.2) is 0 Å². The Morgan fingerprint density at radius 1 is 1.28 bits per heavy atom. The van der Waals surface area contributed by atoms with E-state index in [-0.39, 0.29) is 10.8 Å². The minimum absolute atomic E-state index is 0.0899. The van der Waals surface area contributed by atoms with Crippen molar-refractivity contribution in [1.82, 2.24) is 19.1 Å². The number of hydrogen-bond acceptors (Lipinski definition) is 5. The molecule has 0 atom stereocenters. The molecule has 0 aliphatic carbocycles. The van der Waals surface area contributed by atoms with Crippen molar-refractivity contribution in [1.29, 1.82) is 0 Å². The molecular formula is C10H13N5O2S. The third-order valence-electron chi connectivity index (χ3n) is 2.38. The largest absolute Gasteiger partial charge is 0.366 e. The molecule has 0 radical (unpaired) electrons. The molecule has 96 valence electrons. The second-order valence-electron chi connectivity index (χ2n) is 3.80. The summed E-state index contributed by atoms with van der Waals surface area (Å²) in [4.78, 5) is 3.93. The Hall–Kier alpha value is -1.93. The molecule has 18 heavy (non-hydrogen) atoms. The summed E-state index contributed by atoms with van der Waals surface area (Å²) in [5.41, 5.74) is 5.84. The topological polar surface area (TPSA) is 94.1 Å². The van der Waals surface area contributed by atoms with Gasteiger partial charge in [-0.3, -0.25) is 0 Å². The van der Waals surface area contributed by atoms with E-state index in [1.807, 2.05) is 0 Å². The SMILES string of the molecule is CN(C)S(=O)(=O)c1ccccc1-n1cnc(N)n1. The van der Waals surface area contributed by atoms with Crippen molar-refractivity contribution in [2.75, 3.05) is 19.8 Å². The average molecular weight is 267 g/mol. The number of benzene rings is 1. The summed E-state index contributed by atoms with van der Waals surface area (Å²) >= 11 is 0. The zero-order valence-corrected chi connectivity index (χ0v) is 10.8. The van der Waals surface area contributed by atoms with Gasteiger partial charge in [0, 0.05) is 14.1 Å². The van der Waals surface area contributed by atoms with Crippen molar-refractivity contribution in [2.45, 2.75) is 4.90 Å². The molecule has 7 nitrogen and oxygen atoms in total. The van der Waals surface area contributed by atoms with Gasteiger partial charge in [-0.1, -0.05) is 12.1 Å². The van der Waals surface area contributed by atoms with Crippen molar-refractivity contribution in [3.8, 4) is 5.69 Å². The third kappa shape index (κ3) is 2.07. The van der Waals surface area contributed by atoms with Gasteiger partial charge < -0.3 is 5.73 Å². The lowest BCUT2D eigenvalue weighted by Gasteiger charge is -2.14. The Bertz CT molecular complexity index is 662. The summed E-state index contributed by atoms with van der Waals surface area (Å²) in [7, 11) is -0.594. The quantitative estimate of drug-likeness (QED) is 0.851. The van der Waals surface area contributed by atoms with Gasteiger partial charge in [-0.25, -0.2) is 22.4 Å². The van der Waals surface area contributed by atoms with Crippen molar-refractivity contribution in [3.05, 3.63) is 30.6 Å². The maximum atomic E-state index is 12.2. The molecule has 0 amide bonds. The molecule has 1 aromatic carbocycles. The molecule has 0 fully saturated rings. The molecule has 8 heteroatoms. The molecule has 0 aliphatic rings. The monoisotopic (exact) mass is 267 g/mol. The van der Waals surface area contributed by atoms with E-state index in [4.69, 9.17) is 5.73 Å². The van der Waals surface area contributed by atoms with Gasteiger partial charge in [0.05, 0.1) is 5.69 Å². The van der Waals surface area contributed by atoms with Gasteiger partial charge in [0.25, 0.3) is 0 Å². The highest BCUT2D eigenvalue weighted by Crippen LogP contribution is 2.21. The smallest absolute Gasteiger partial charge is 0.244 e. The van der Waals surface area contributed by atoms with E-state index >= 15 is 0 Å². The van der Waals surface area contributed by atoms with E-state index in [0.29, 0.717) is 5.69 Å². The highest BCUT2D eigenvalue weighted by molar-refractivity contribution is 7.89. The Kier molecular flexibility index (Phi) is 3.05. The zero-order chi connectivity index (χ0) is 13.3. The van der Waals surface area contributed by atoms with Crippen LogP contribution in [0.2, 0.25) is 0 Å². The van der Waals surface area contributed by atoms with Gasteiger partial charge in [0.1, 0.15) is 11.2 Å². The second-order valence-corrected chi connectivity index (χ2v) is 5.92. The van der Waals surface area contributed by atoms with Crippen LogP contribution in [0.5, 0.6) is 0 Å². The Labute approximate surface area is 105 Å². The summed E-state index contributed by atoms with van der Waals surface area (Å²) < 4.78 is 26.8. The highest BCUT2D eigenvalue weighted by atomic mass is 32.2. The minimum atomic E-state index is -3.54. The molecule has 0 bridgehead atoms. The van der Waals surface area contributed by atoms with Crippen LogP contribution in [0.1, 0.15) is 0 Å². The lowest BCUT2D eigenvalue weighted by molar-refractivity contribution is 0.520. The number of nitrogen functional groups attached to an aromatic ring is 1. The van der Waals surface area contributed by atoms with Crippen LogP contribution in [0.3, 0.4) is 0 Å². The first-order chi connectivity index (χ1) is 8.43. The summed E-state index contributed by atoms with van der Waals surface area (Å²) in [6.07, 6.45) is 1.37. The second kappa shape index (κ2) is 4.39. The molecule has 2 aromatic rings. The van der Waals surface area contributed by atoms with Crippen LogP contribution in [-0.4, -0.2) is 41.6 Å². The van der Waals surface area contributed by atoms with Gasteiger partial charge in [-0.2, -0.15) is 0 Å². The molecule has 2 rings (SSSR count). The van der Waals surface area contributed by atoms with Crippen molar-refractivity contribution < 1.29 is 8.42 Å². The van der Waals surface area contributed by atoms with Crippen molar-refractivity contribution in [3.63, 3.8) is 0 Å². The molecule has 0 unspecified atom stereocenters.